The zero-order valence-corrected chi connectivity index (χ0v) is 15.5. The summed E-state index contributed by atoms with van der Waals surface area (Å²) in [5, 5.41) is 3.60. The van der Waals surface area contributed by atoms with Crippen LogP contribution in [0.15, 0.2) is 18.5 Å². The average molecular weight is 345 g/mol. The summed E-state index contributed by atoms with van der Waals surface area (Å²) in [6.45, 7) is 8.63. The van der Waals surface area contributed by atoms with Gasteiger partial charge in [-0.2, -0.15) is 0 Å². The lowest BCUT2D eigenvalue weighted by Crippen LogP contribution is -2.49. The van der Waals surface area contributed by atoms with Crippen molar-refractivity contribution >= 4 is 11.9 Å². The van der Waals surface area contributed by atoms with Crippen LogP contribution in [-0.2, 0) is 4.79 Å². The molecule has 6 nitrogen and oxygen atoms in total. The number of hydrogen-bond donors (Lipinski definition) is 1. The van der Waals surface area contributed by atoms with Crippen molar-refractivity contribution in [3.63, 3.8) is 0 Å². The number of aromatic nitrogens is 2. The predicted octanol–water partition coefficient (Wildman–Crippen LogP) is 1.93. The molecule has 2 fully saturated rings. The smallest absolute Gasteiger partial charge is 0.225 e. The van der Waals surface area contributed by atoms with Crippen molar-refractivity contribution in [1.82, 2.24) is 20.2 Å². The molecule has 0 unspecified atom stereocenters. The van der Waals surface area contributed by atoms with Crippen LogP contribution >= 0.6 is 0 Å². The van der Waals surface area contributed by atoms with Crippen molar-refractivity contribution in [1.29, 1.82) is 0 Å². The van der Waals surface area contributed by atoms with Crippen LogP contribution in [0.25, 0.3) is 0 Å². The van der Waals surface area contributed by atoms with E-state index in [1.54, 1.807) is 12.4 Å². The Morgan fingerprint density at radius 3 is 2.52 bits per heavy atom. The summed E-state index contributed by atoms with van der Waals surface area (Å²) in [7, 11) is 0. The first-order valence-corrected chi connectivity index (χ1v) is 9.66. The third kappa shape index (κ3) is 4.91. The topological polar surface area (TPSA) is 61.4 Å². The van der Waals surface area contributed by atoms with Crippen LogP contribution in [0.3, 0.4) is 0 Å². The van der Waals surface area contributed by atoms with Gasteiger partial charge in [-0.15, -0.1) is 0 Å². The summed E-state index contributed by atoms with van der Waals surface area (Å²) < 4.78 is 0. The van der Waals surface area contributed by atoms with E-state index in [1.807, 2.05) is 11.0 Å². The Morgan fingerprint density at radius 1 is 1.12 bits per heavy atom. The Bertz CT molecular complexity index is 544. The number of piperazine rings is 1. The molecule has 1 aliphatic heterocycles. The maximum atomic E-state index is 12.4. The molecule has 1 saturated carbocycles. The summed E-state index contributed by atoms with van der Waals surface area (Å²) in [4.78, 5) is 25.1. The van der Waals surface area contributed by atoms with Gasteiger partial charge in [0.05, 0.1) is 0 Å². The van der Waals surface area contributed by atoms with Gasteiger partial charge in [-0.3, -0.25) is 4.79 Å². The second-order valence-electron chi connectivity index (χ2n) is 7.59. The Balaban J connectivity index is 1.36. The molecule has 3 rings (SSSR count). The minimum atomic E-state index is 0.262. The molecule has 3 atom stereocenters. The fraction of sp³-hybridized carbons (Fsp3) is 0.737. The van der Waals surface area contributed by atoms with Gasteiger partial charge in [0.1, 0.15) is 0 Å². The summed E-state index contributed by atoms with van der Waals surface area (Å²) in [5.41, 5.74) is 0. The molecule has 1 aromatic rings. The zero-order valence-electron chi connectivity index (χ0n) is 15.5. The summed E-state index contributed by atoms with van der Waals surface area (Å²) >= 11 is 0. The number of amides is 1. The van der Waals surface area contributed by atoms with Crippen molar-refractivity contribution in [2.45, 2.75) is 45.6 Å². The molecule has 138 valence electrons. The maximum absolute atomic E-state index is 12.4. The van der Waals surface area contributed by atoms with E-state index < -0.39 is 0 Å². The number of anilines is 1. The molecule has 1 saturated heterocycles. The van der Waals surface area contributed by atoms with Gasteiger partial charge < -0.3 is 15.1 Å². The van der Waals surface area contributed by atoms with Crippen LogP contribution in [0.5, 0.6) is 0 Å². The summed E-state index contributed by atoms with van der Waals surface area (Å²) in [6.07, 6.45) is 7.91. The molecule has 1 aromatic heterocycles. The van der Waals surface area contributed by atoms with Crippen LogP contribution < -0.4 is 10.2 Å². The number of rotatable bonds is 5. The molecular formula is C19H31N5O. The fourth-order valence-electron chi connectivity index (χ4n) is 3.88. The van der Waals surface area contributed by atoms with Crippen molar-refractivity contribution in [2.24, 2.45) is 11.8 Å². The standard InChI is InChI=1S/C19H31N5O/c1-15-4-5-17(14-16(15)2)20-9-6-18(25)23-10-12-24(13-11-23)19-21-7-3-8-22-19/h3,7-8,15-17,20H,4-6,9-14H2,1-2H3/t15-,16+,17+/m1/s1. The number of nitrogens with one attached hydrogen (secondary N) is 1. The molecule has 0 radical (unpaired) electrons. The quantitative estimate of drug-likeness (QED) is 0.883. The first-order valence-electron chi connectivity index (χ1n) is 9.66. The highest BCUT2D eigenvalue weighted by Crippen LogP contribution is 2.29. The van der Waals surface area contributed by atoms with Crippen LogP contribution in [0, 0.1) is 11.8 Å². The zero-order chi connectivity index (χ0) is 17.6. The van der Waals surface area contributed by atoms with E-state index in [4.69, 9.17) is 0 Å². The van der Waals surface area contributed by atoms with Gasteiger partial charge in [-0.05, 0) is 37.2 Å². The second-order valence-corrected chi connectivity index (χ2v) is 7.59. The maximum Gasteiger partial charge on any atom is 0.225 e. The molecule has 2 heterocycles. The normalized spacial score (nSPS) is 27.4. The number of hydrogen-bond acceptors (Lipinski definition) is 5. The van der Waals surface area contributed by atoms with Gasteiger partial charge >= 0.3 is 0 Å². The van der Waals surface area contributed by atoms with E-state index in [9.17, 15) is 4.79 Å². The Labute approximate surface area is 151 Å². The Kier molecular flexibility index (Phi) is 6.24. The lowest BCUT2D eigenvalue weighted by Gasteiger charge is -2.35. The molecule has 0 aromatic carbocycles. The molecule has 0 spiro atoms. The molecular weight excluding hydrogens is 314 g/mol. The van der Waals surface area contributed by atoms with E-state index in [2.05, 4.69) is 34.0 Å². The van der Waals surface area contributed by atoms with Crippen LogP contribution in [0.4, 0.5) is 5.95 Å². The molecule has 2 aliphatic rings. The molecule has 0 bridgehead atoms. The minimum Gasteiger partial charge on any atom is -0.339 e. The van der Waals surface area contributed by atoms with Gasteiger partial charge in [-0.25, -0.2) is 9.97 Å². The summed E-state index contributed by atoms with van der Waals surface area (Å²) in [5.74, 6) is 2.65. The molecule has 1 aliphatic carbocycles. The van der Waals surface area contributed by atoms with E-state index in [0.717, 1.165) is 50.5 Å². The molecule has 6 heteroatoms. The largest absolute Gasteiger partial charge is 0.339 e. The van der Waals surface area contributed by atoms with E-state index in [0.29, 0.717) is 12.5 Å². The number of carbonyl (C=O) groups excluding carboxylic acids is 1. The average Bonchev–Trinajstić information content (AvgIpc) is 2.65. The number of carbonyl (C=O) groups is 1. The van der Waals surface area contributed by atoms with Crippen molar-refractivity contribution < 1.29 is 4.79 Å². The van der Waals surface area contributed by atoms with E-state index >= 15 is 0 Å². The van der Waals surface area contributed by atoms with Crippen LogP contribution in [-0.4, -0.2) is 59.5 Å². The predicted molar refractivity (Wildman–Crippen MR) is 99.4 cm³/mol. The first-order chi connectivity index (χ1) is 12.1. The number of nitrogens with zero attached hydrogens (tertiary/aromatic N) is 4. The van der Waals surface area contributed by atoms with Gasteiger partial charge in [0.15, 0.2) is 0 Å². The molecule has 1 amide bonds. The SMILES string of the molecule is C[C@@H]1CC[C@H](NCCC(=O)N2CCN(c3ncccn3)CC2)C[C@@H]1C. The van der Waals surface area contributed by atoms with E-state index in [-0.39, 0.29) is 5.91 Å². The fourth-order valence-corrected chi connectivity index (χ4v) is 3.88. The van der Waals surface area contributed by atoms with Gasteiger partial charge in [0, 0.05) is 57.6 Å². The first kappa shape index (κ1) is 18.1. The lowest BCUT2D eigenvalue weighted by atomic mass is 9.79. The van der Waals surface area contributed by atoms with Crippen molar-refractivity contribution in [3.05, 3.63) is 18.5 Å². The van der Waals surface area contributed by atoms with Crippen LogP contribution in [0.2, 0.25) is 0 Å². The van der Waals surface area contributed by atoms with E-state index in [1.165, 1.54) is 19.3 Å². The Hall–Kier alpha value is -1.69. The Morgan fingerprint density at radius 2 is 1.84 bits per heavy atom. The highest BCUT2D eigenvalue weighted by molar-refractivity contribution is 5.76. The highest BCUT2D eigenvalue weighted by atomic mass is 16.2. The second kappa shape index (κ2) is 8.61. The molecule has 25 heavy (non-hydrogen) atoms. The van der Waals surface area contributed by atoms with Gasteiger partial charge in [0.25, 0.3) is 0 Å². The third-order valence-corrected chi connectivity index (χ3v) is 5.84. The lowest BCUT2D eigenvalue weighted by molar-refractivity contribution is -0.131. The summed E-state index contributed by atoms with van der Waals surface area (Å²) in [6, 6.07) is 2.41. The highest BCUT2D eigenvalue weighted by Gasteiger charge is 2.25. The van der Waals surface area contributed by atoms with Crippen LogP contribution in [0.1, 0.15) is 39.5 Å². The molecule has 1 N–H and O–H groups in total. The van der Waals surface area contributed by atoms with Crippen molar-refractivity contribution in [2.75, 3.05) is 37.6 Å². The van der Waals surface area contributed by atoms with Gasteiger partial charge in [0.2, 0.25) is 11.9 Å². The monoisotopic (exact) mass is 345 g/mol. The minimum absolute atomic E-state index is 0.262. The van der Waals surface area contributed by atoms with Crippen molar-refractivity contribution in [3.8, 4) is 0 Å². The third-order valence-electron chi connectivity index (χ3n) is 5.84. The van der Waals surface area contributed by atoms with Gasteiger partial charge in [-0.1, -0.05) is 13.8 Å².